The molecule has 8 nitrogen and oxygen atoms in total. The van der Waals surface area contributed by atoms with Gasteiger partial charge < -0.3 is 30.4 Å². The molecule has 0 aliphatic rings. The fraction of sp³-hybridized carbons (Fsp3) is 0.233. The number of hydrogen-bond donors (Lipinski definition) is 2. The molecule has 8 aromatic rings. The standard InChI is InChI=1S/C46H50N2O4P2.C14H16N2.2ClH.Ru/c1-27-13-14-38(34(8)18-27)54(37-23-32(6)17-33(7)24-37)40-26-42(50-10)48-46(52-12)44(40)43-39(25-41(49-9)47-45(43)51-11)53(35-19-28(2)15-29(3)20-35)36-21-30(4)16-31(5)22-36;15-13(11-7-3-1-4-8-11)14(16)12-9-5-2-6-10-12;;;/h13-26H,1-12H3;1-10,13-14H,15-16H2;2*1H;/q;;;;+2/p-2/t;13-,14-;;;/m.1.../s1. The molecule has 6 aromatic carbocycles. The minimum atomic E-state index is -1.20. The van der Waals surface area contributed by atoms with Crippen LogP contribution in [0.2, 0.25) is 0 Å². The number of benzene rings is 6. The van der Waals surface area contributed by atoms with Crippen LogP contribution in [0.1, 0.15) is 67.7 Å². The molecule has 73 heavy (non-hydrogen) atoms. The maximum absolute atomic E-state index is 6.29. The van der Waals surface area contributed by atoms with Crippen LogP contribution in [0.4, 0.5) is 0 Å². The first-order valence-corrected chi connectivity index (χ1v) is 30.8. The molecule has 4 N–H and O–H groups in total. The molecule has 0 fully saturated rings. The fourth-order valence-corrected chi connectivity index (χ4v) is 14.8. The number of pyridine rings is 2. The first kappa shape index (κ1) is 57.1. The van der Waals surface area contributed by atoms with Gasteiger partial charge >= 0.3 is 34.5 Å². The molecule has 2 heterocycles. The average Bonchev–Trinajstić information content (AvgIpc) is 3.36. The van der Waals surface area contributed by atoms with E-state index in [9.17, 15) is 0 Å². The van der Waals surface area contributed by atoms with Gasteiger partial charge in [0, 0.05) is 34.8 Å². The molecule has 1 unspecified atom stereocenters. The van der Waals surface area contributed by atoms with Gasteiger partial charge in [-0.1, -0.05) is 172 Å². The summed E-state index contributed by atoms with van der Waals surface area (Å²) < 4.78 is 24.4. The molecule has 0 aliphatic carbocycles. The van der Waals surface area contributed by atoms with Crippen LogP contribution in [0.15, 0.2) is 146 Å². The molecule has 0 bridgehead atoms. The van der Waals surface area contributed by atoms with Crippen molar-refractivity contribution in [3.63, 3.8) is 0 Å². The summed E-state index contributed by atoms with van der Waals surface area (Å²) in [6.45, 7) is 17.3. The number of ether oxygens (including phenoxy) is 4. The predicted molar refractivity (Wildman–Crippen MR) is 307 cm³/mol. The second-order valence-electron chi connectivity index (χ2n) is 18.1. The molecule has 3 atom stereocenters. The summed E-state index contributed by atoms with van der Waals surface area (Å²) >= 11 is -0.346. The van der Waals surface area contributed by atoms with E-state index >= 15 is 0 Å². The van der Waals surface area contributed by atoms with Crippen LogP contribution < -0.4 is 62.2 Å². The molecule has 13 heteroatoms. The third-order valence-corrected chi connectivity index (χ3v) is 17.1. The molecule has 382 valence electrons. The van der Waals surface area contributed by atoms with Crippen molar-refractivity contribution in [1.29, 1.82) is 0 Å². The predicted octanol–water partition coefficient (Wildman–Crippen LogP) is 11.9. The Labute approximate surface area is 451 Å². The van der Waals surface area contributed by atoms with Crippen LogP contribution in [0, 0.1) is 55.4 Å². The number of hydrogen-bond acceptors (Lipinski definition) is 8. The SMILES string of the molecule is COc1cc(P(c2cc(C)cc(C)c2)c2cc(C)cc(C)c2)c(-c2c(P(c3cc(C)cc(C)c3)c3ccc(C)cc3C)cc(OC)nc2OC)c(OC)n1.N[C@H](c1ccccc1)[C@H](N)c1ccccc1.[Cl][Ru][Cl]. The minimum absolute atomic E-state index is 0.163. The number of halogens is 2. The van der Waals surface area contributed by atoms with Crippen LogP contribution in [-0.4, -0.2) is 38.4 Å². The molecule has 0 radical (unpaired) electrons. The van der Waals surface area contributed by atoms with Crippen LogP contribution >= 0.6 is 35.2 Å². The summed E-state index contributed by atoms with van der Waals surface area (Å²) in [6, 6.07) is 51.0. The van der Waals surface area contributed by atoms with Crippen LogP contribution in [0.5, 0.6) is 23.5 Å². The molecular formula is C60H66Cl2N4O4P2Ru. The average molecular weight is 1140 g/mol. The number of nitrogens with zero attached hydrogens (tertiary/aromatic N) is 2. The summed E-state index contributed by atoms with van der Waals surface area (Å²) in [5.41, 5.74) is 25.7. The summed E-state index contributed by atoms with van der Waals surface area (Å²) in [5.74, 6) is 1.82. The van der Waals surface area contributed by atoms with Crippen molar-refractivity contribution < 1.29 is 34.1 Å². The van der Waals surface area contributed by atoms with Crippen molar-refractivity contribution in [3.05, 3.63) is 201 Å². The van der Waals surface area contributed by atoms with E-state index in [0.717, 1.165) is 32.9 Å². The van der Waals surface area contributed by atoms with E-state index in [1.165, 1.54) is 65.7 Å². The summed E-state index contributed by atoms with van der Waals surface area (Å²) in [7, 11) is 14.0. The van der Waals surface area contributed by atoms with Gasteiger partial charge in [0.15, 0.2) is 0 Å². The Morgan fingerprint density at radius 1 is 0.411 bits per heavy atom. The van der Waals surface area contributed by atoms with Crippen molar-refractivity contribution in [3.8, 4) is 34.6 Å². The molecular weight excluding hydrogens is 1070 g/mol. The molecule has 0 saturated carbocycles. The summed E-state index contributed by atoms with van der Waals surface area (Å²) in [5, 5.41) is 6.97. The number of rotatable bonds is 14. The van der Waals surface area contributed by atoms with E-state index in [4.69, 9.17) is 59.8 Å². The summed E-state index contributed by atoms with van der Waals surface area (Å²) in [4.78, 5) is 9.93. The second kappa shape index (κ2) is 26.8. The van der Waals surface area contributed by atoms with E-state index in [1.807, 2.05) is 60.7 Å². The second-order valence-corrected chi connectivity index (χ2v) is 25.0. The number of aromatic nitrogens is 2. The number of nitrogens with two attached hydrogens (primary N) is 2. The van der Waals surface area contributed by atoms with Gasteiger partial charge in [0.05, 0.1) is 39.6 Å². The third kappa shape index (κ3) is 14.4. The monoisotopic (exact) mass is 1140 g/mol. The fourth-order valence-electron chi connectivity index (χ4n) is 9.20. The van der Waals surface area contributed by atoms with Crippen LogP contribution in [0.25, 0.3) is 11.1 Å². The Kier molecular flexibility index (Phi) is 21.0. The summed E-state index contributed by atoms with van der Waals surface area (Å²) in [6.07, 6.45) is 0. The van der Waals surface area contributed by atoms with Crippen LogP contribution in [0.3, 0.4) is 0 Å². The molecule has 2 aromatic heterocycles. The molecule has 0 saturated heterocycles. The zero-order chi connectivity index (χ0) is 52.9. The van der Waals surface area contributed by atoms with Gasteiger partial charge in [0.25, 0.3) is 0 Å². The van der Waals surface area contributed by atoms with Gasteiger partial charge in [0.1, 0.15) is 0 Å². The van der Waals surface area contributed by atoms with Gasteiger partial charge in [-0.05, 0) is 109 Å². The molecule has 0 amide bonds. The first-order chi connectivity index (χ1) is 35.0. The van der Waals surface area contributed by atoms with Crippen molar-refractivity contribution in [2.45, 2.75) is 67.5 Å². The number of aryl methyl sites for hydroxylation is 8. The Bertz CT molecular complexity index is 2980. The Balaban J connectivity index is 0.000000382. The maximum atomic E-state index is 6.29. The van der Waals surface area contributed by atoms with Crippen molar-refractivity contribution in [2.75, 3.05) is 28.4 Å². The Morgan fingerprint density at radius 3 is 1.08 bits per heavy atom. The number of methoxy groups -OCH3 is 4. The molecule has 0 spiro atoms. The first-order valence-electron chi connectivity index (χ1n) is 23.7. The van der Waals surface area contributed by atoms with E-state index in [0.29, 0.717) is 23.5 Å². The van der Waals surface area contributed by atoms with Gasteiger partial charge in [0.2, 0.25) is 23.5 Å². The Morgan fingerprint density at radius 2 is 0.753 bits per heavy atom. The van der Waals surface area contributed by atoms with Crippen molar-refractivity contribution >= 4 is 67.1 Å². The zero-order valence-corrected chi connectivity index (χ0v) is 48.7. The van der Waals surface area contributed by atoms with E-state index < -0.39 is 15.8 Å². The van der Waals surface area contributed by atoms with Gasteiger partial charge in [-0.25, -0.2) is 0 Å². The van der Waals surface area contributed by atoms with Gasteiger partial charge in [-0.2, -0.15) is 9.97 Å². The van der Waals surface area contributed by atoms with Crippen LogP contribution in [-0.2, 0) is 15.1 Å². The normalized spacial score (nSPS) is 12.2. The van der Waals surface area contributed by atoms with Gasteiger partial charge in [-0.15, -0.1) is 0 Å². The topological polar surface area (TPSA) is 115 Å². The van der Waals surface area contributed by atoms with E-state index in [2.05, 4.69) is 140 Å². The van der Waals surface area contributed by atoms with Crippen molar-refractivity contribution in [2.24, 2.45) is 11.5 Å². The van der Waals surface area contributed by atoms with E-state index in [1.54, 1.807) is 28.4 Å². The molecule has 8 rings (SSSR count). The molecule has 0 aliphatic heterocycles. The van der Waals surface area contributed by atoms with Crippen molar-refractivity contribution in [1.82, 2.24) is 9.97 Å². The Hall–Kier alpha value is -5.20. The third-order valence-electron chi connectivity index (χ3n) is 12.2. The van der Waals surface area contributed by atoms with E-state index in [-0.39, 0.29) is 27.2 Å². The van der Waals surface area contributed by atoms with Gasteiger partial charge in [-0.3, -0.25) is 0 Å². The zero-order valence-electron chi connectivity index (χ0n) is 43.7. The quantitative estimate of drug-likeness (QED) is 0.0817.